The first-order valence-corrected chi connectivity index (χ1v) is 19.0. The van der Waals surface area contributed by atoms with E-state index in [0.29, 0.717) is 5.69 Å². The van der Waals surface area contributed by atoms with Crippen molar-refractivity contribution in [3.05, 3.63) is 99.4 Å². The molecule has 0 saturated carbocycles. The maximum atomic E-state index is 14.1. The number of hydrogen-bond donors (Lipinski definition) is 7. The van der Waals surface area contributed by atoms with Gasteiger partial charge in [-0.15, -0.1) is 0 Å². The van der Waals surface area contributed by atoms with Gasteiger partial charge >= 0.3 is 0 Å². The van der Waals surface area contributed by atoms with Crippen molar-refractivity contribution in [2.45, 2.75) is 76.3 Å². The van der Waals surface area contributed by atoms with Crippen molar-refractivity contribution in [1.29, 1.82) is 0 Å². The molecule has 14 heteroatoms. The van der Waals surface area contributed by atoms with Crippen molar-refractivity contribution < 1.29 is 54.1 Å². The summed E-state index contributed by atoms with van der Waals surface area (Å²) >= 11 is 0. The van der Waals surface area contributed by atoms with Crippen LogP contribution in [0.4, 0.5) is 5.69 Å². The summed E-state index contributed by atoms with van der Waals surface area (Å²) < 4.78 is 17.9. The molecular weight excluding hydrogens is 746 g/mol. The van der Waals surface area contributed by atoms with Crippen LogP contribution in [0.25, 0.3) is 32.6 Å². The Morgan fingerprint density at radius 2 is 1.79 bits per heavy atom. The van der Waals surface area contributed by atoms with Gasteiger partial charge in [0.25, 0.3) is 0 Å². The number of ether oxygens (including phenoxy) is 3. The lowest BCUT2D eigenvalue weighted by molar-refractivity contribution is -0.245. The highest BCUT2D eigenvalue weighted by atomic mass is 16.7. The van der Waals surface area contributed by atoms with Gasteiger partial charge in [0, 0.05) is 75.7 Å². The minimum atomic E-state index is -2.29. The average molecular weight is 788 g/mol. The van der Waals surface area contributed by atoms with E-state index in [0.717, 1.165) is 43.7 Å². The van der Waals surface area contributed by atoms with Crippen LogP contribution in [-0.4, -0.2) is 96.7 Å². The molecule has 4 aromatic carbocycles. The zero-order valence-corrected chi connectivity index (χ0v) is 32.0. The highest BCUT2D eigenvalue weighted by Gasteiger charge is 2.50. The number of anilines is 1. The first-order chi connectivity index (χ1) is 27.8. The quantitative estimate of drug-likeness (QED) is 0.106. The van der Waals surface area contributed by atoms with Gasteiger partial charge in [0.2, 0.25) is 5.78 Å². The number of aliphatic hydroxyl groups excluding tert-OH is 2. The Bertz CT molecular complexity index is 2760. The van der Waals surface area contributed by atoms with Crippen LogP contribution in [0.2, 0.25) is 0 Å². The van der Waals surface area contributed by atoms with Gasteiger partial charge in [-0.05, 0) is 67.6 Å². The number of rotatable bonds is 7. The van der Waals surface area contributed by atoms with E-state index in [1.807, 2.05) is 30.5 Å². The Hall–Kier alpha value is -5.90. The number of nitrogens with zero attached hydrogens (tertiary/aromatic N) is 1. The SMILES string of the molecule is COc1cccc2c1C(=O)c1c(O)c3c(c(O)c1C2=O)C[C@@](O)(C(=O)CO)C[C@@H]3OC1CC(Nc2ccc3[nH]c4c(C)c5ccncc5c(C)c4c3c2)C(O)C(C)O1. The molecule has 1 saturated heterocycles. The fraction of sp³-hybridized carbons (Fsp3) is 0.318. The second kappa shape index (κ2) is 13.6. The zero-order chi connectivity index (χ0) is 40.9. The molecule has 1 aliphatic heterocycles. The number of hydrogen-bond acceptors (Lipinski definition) is 13. The maximum Gasteiger partial charge on any atom is 0.202 e. The van der Waals surface area contributed by atoms with Crippen LogP contribution < -0.4 is 10.1 Å². The molecule has 14 nitrogen and oxygen atoms in total. The van der Waals surface area contributed by atoms with Gasteiger partial charge in [0.05, 0.1) is 47.6 Å². The van der Waals surface area contributed by atoms with Crippen LogP contribution in [0.5, 0.6) is 17.2 Å². The number of carbonyl (C=O) groups is 3. The largest absolute Gasteiger partial charge is 0.507 e. The van der Waals surface area contributed by atoms with Crippen LogP contribution >= 0.6 is 0 Å². The summed E-state index contributed by atoms with van der Waals surface area (Å²) in [6, 6.07) is 11.7. The molecule has 6 aromatic rings. The molecule has 7 N–H and O–H groups in total. The molecule has 3 heterocycles. The number of H-pyrrole nitrogens is 1. The smallest absolute Gasteiger partial charge is 0.202 e. The third kappa shape index (κ3) is 5.51. The van der Waals surface area contributed by atoms with Crippen LogP contribution in [0.1, 0.15) is 80.0 Å². The molecule has 9 rings (SSSR count). The number of Topliss-reactive ketones (excluding diaryl/α,β-unsaturated/α-hetero) is 1. The number of aromatic hydroxyl groups is 2. The van der Waals surface area contributed by atoms with Crippen molar-refractivity contribution in [3.63, 3.8) is 0 Å². The van der Waals surface area contributed by atoms with E-state index in [9.17, 15) is 39.9 Å². The number of aryl methyl sites for hydroxylation is 2. The number of fused-ring (bicyclic) bond motifs is 7. The van der Waals surface area contributed by atoms with Crippen LogP contribution in [0.15, 0.2) is 54.9 Å². The van der Waals surface area contributed by atoms with E-state index in [4.69, 9.17) is 14.2 Å². The third-order valence-corrected chi connectivity index (χ3v) is 12.3. The van der Waals surface area contributed by atoms with Crippen molar-refractivity contribution >= 4 is 55.6 Å². The second-order valence-corrected chi connectivity index (χ2v) is 15.6. The number of pyridine rings is 1. The van der Waals surface area contributed by atoms with Crippen LogP contribution in [0, 0.1) is 13.8 Å². The monoisotopic (exact) mass is 787 g/mol. The Morgan fingerprint density at radius 1 is 1.02 bits per heavy atom. The molecule has 4 unspecified atom stereocenters. The van der Waals surface area contributed by atoms with E-state index in [1.165, 1.54) is 25.3 Å². The highest BCUT2D eigenvalue weighted by Crippen LogP contribution is 2.52. The van der Waals surface area contributed by atoms with Gasteiger partial charge in [-0.25, -0.2) is 0 Å². The fourth-order valence-corrected chi connectivity index (χ4v) is 9.31. The minimum Gasteiger partial charge on any atom is -0.507 e. The number of phenols is 2. The summed E-state index contributed by atoms with van der Waals surface area (Å²) in [7, 11) is 1.34. The normalized spacial score (nSPS) is 24.2. The molecule has 2 aromatic heterocycles. The molecular formula is C44H41N3O11. The van der Waals surface area contributed by atoms with Crippen molar-refractivity contribution in [2.75, 3.05) is 19.0 Å². The van der Waals surface area contributed by atoms with Crippen LogP contribution in [-0.2, 0) is 20.7 Å². The van der Waals surface area contributed by atoms with Crippen molar-refractivity contribution in [2.24, 2.45) is 0 Å². The number of aliphatic hydroxyl groups is 3. The topological polar surface area (TPSA) is 221 Å². The molecule has 6 atom stereocenters. The predicted molar refractivity (Wildman–Crippen MR) is 212 cm³/mol. The Labute approximate surface area is 331 Å². The zero-order valence-electron chi connectivity index (χ0n) is 32.0. The van der Waals surface area contributed by atoms with E-state index < -0.39 is 95.7 Å². The molecule has 0 amide bonds. The molecule has 1 fully saturated rings. The van der Waals surface area contributed by atoms with E-state index in [2.05, 4.69) is 29.1 Å². The Morgan fingerprint density at radius 3 is 2.55 bits per heavy atom. The van der Waals surface area contributed by atoms with Crippen molar-refractivity contribution in [3.8, 4) is 17.2 Å². The maximum absolute atomic E-state index is 14.1. The molecule has 298 valence electrons. The number of benzene rings is 4. The predicted octanol–water partition coefficient (Wildman–Crippen LogP) is 4.95. The molecule has 58 heavy (non-hydrogen) atoms. The van der Waals surface area contributed by atoms with Gasteiger partial charge in [0.1, 0.15) is 35.6 Å². The summed E-state index contributed by atoms with van der Waals surface area (Å²) in [4.78, 5) is 48.9. The van der Waals surface area contributed by atoms with Crippen molar-refractivity contribution in [1.82, 2.24) is 9.97 Å². The van der Waals surface area contributed by atoms with E-state index >= 15 is 0 Å². The number of ketones is 3. The number of aromatic nitrogens is 2. The Kier molecular flexibility index (Phi) is 8.83. The van der Waals surface area contributed by atoms with E-state index in [1.54, 1.807) is 13.1 Å². The lowest BCUT2D eigenvalue weighted by atomic mass is 9.72. The van der Waals surface area contributed by atoms with Gasteiger partial charge in [-0.3, -0.25) is 19.4 Å². The van der Waals surface area contributed by atoms with E-state index in [-0.39, 0.29) is 34.4 Å². The molecule has 0 spiro atoms. The summed E-state index contributed by atoms with van der Waals surface area (Å²) in [5.41, 5.74) is 1.15. The van der Waals surface area contributed by atoms with Gasteiger partial charge in [-0.1, -0.05) is 12.1 Å². The standard InChI is InChI=1S/C44H41N3O11/c1-18-26-16-45-11-10-22(26)19(2)38-33(18)24-12-21(8-9-27(24)47-38)46-28-13-32(57-20(3)39(28)50)58-30-15-44(55,31(49)17-48)14-25-35(30)43(54)37-36(41(25)52)40(51)23-6-5-7-29(56-4)34(23)42(37)53/h5-12,16,20,28,30,32,39,46-48,50,52,54-55H,13-15,17H2,1-4H3/t20?,28?,30-,32?,39?,44-/m0/s1. The third-order valence-electron chi connectivity index (χ3n) is 12.3. The summed E-state index contributed by atoms with van der Waals surface area (Å²) in [6.07, 6.45) is -1.70. The first kappa shape index (κ1) is 37.7. The summed E-state index contributed by atoms with van der Waals surface area (Å²) in [5.74, 6) is -3.80. The highest BCUT2D eigenvalue weighted by molar-refractivity contribution is 6.31. The second-order valence-electron chi connectivity index (χ2n) is 15.6. The first-order valence-electron chi connectivity index (χ1n) is 19.0. The van der Waals surface area contributed by atoms with Crippen LogP contribution in [0.3, 0.4) is 0 Å². The minimum absolute atomic E-state index is 0.0454. The molecule has 2 aliphatic carbocycles. The average Bonchev–Trinajstić information content (AvgIpc) is 3.60. The van der Waals surface area contributed by atoms with Gasteiger partial charge in [-0.2, -0.15) is 0 Å². The fourth-order valence-electron chi connectivity index (χ4n) is 9.31. The number of aromatic amines is 1. The lowest BCUT2D eigenvalue weighted by Gasteiger charge is -2.43. The number of phenolic OH excluding ortho intramolecular Hbond substituents is 2. The van der Waals surface area contributed by atoms with Gasteiger partial charge in [0.15, 0.2) is 17.9 Å². The number of nitrogens with one attached hydrogen (secondary N) is 2. The molecule has 0 radical (unpaired) electrons. The number of carbonyl (C=O) groups excluding carboxylic acids is 3. The molecule has 3 aliphatic rings. The summed E-state index contributed by atoms with van der Waals surface area (Å²) in [5, 5.41) is 64.2. The number of methoxy groups -OCH3 is 1. The lowest BCUT2D eigenvalue weighted by Crippen LogP contribution is -2.52. The molecule has 0 bridgehead atoms. The Balaban J connectivity index is 1.08. The van der Waals surface area contributed by atoms with Gasteiger partial charge < -0.3 is 50.0 Å². The summed E-state index contributed by atoms with van der Waals surface area (Å²) in [6.45, 7) is 4.77.